The van der Waals surface area contributed by atoms with Crippen molar-refractivity contribution in [2.75, 3.05) is 22.5 Å². The Morgan fingerprint density at radius 1 is 1.11 bits per heavy atom. The molecule has 7 heteroatoms. The van der Waals surface area contributed by atoms with Gasteiger partial charge in [0, 0.05) is 12.2 Å². The molecule has 0 radical (unpaired) electrons. The fraction of sp³-hybridized carbons (Fsp3) is 0.150. The van der Waals surface area contributed by atoms with Crippen molar-refractivity contribution in [2.24, 2.45) is 0 Å². The monoisotopic (exact) mass is 376 g/mol. The van der Waals surface area contributed by atoms with Gasteiger partial charge in [0.05, 0.1) is 10.2 Å². The first-order valence-corrected chi connectivity index (χ1v) is 9.54. The van der Waals surface area contributed by atoms with E-state index in [1.165, 1.54) is 11.9 Å². The number of rotatable bonds is 5. The van der Waals surface area contributed by atoms with Crippen molar-refractivity contribution in [1.29, 1.82) is 0 Å². The van der Waals surface area contributed by atoms with Crippen LogP contribution in [0.25, 0.3) is 10.2 Å². The highest BCUT2D eigenvalue weighted by Gasteiger charge is 2.16. The molecule has 2 heterocycles. The first-order chi connectivity index (χ1) is 13.2. The van der Waals surface area contributed by atoms with Crippen LogP contribution in [0.4, 0.5) is 28.1 Å². The number of anilines is 5. The van der Waals surface area contributed by atoms with Gasteiger partial charge >= 0.3 is 0 Å². The van der Waals surface area contributed by atoms with Crippen LogP contribution in [0.15, 0.2) is 54.9 Å². The van der Waals surface area contributed by atoms with Gasteiger partial charge in [-0.2, -0.15) is 0 Å². The Balaban J connectivity index is 1.68. The summed E-state index contributed by atoms with van der Waals surface area (Å²) in [4.78, 5) is 15.4. The van der Waals surface area contributed by atoms with Gasteiger partial charge in [0.15, 0.2) is 16.8 Å². The fourth-order valence-corrected chi connectivity index (χ4v) is 3.91. The van der Waals surface area contributed by atoms with Gasteiger partial charge < -0.3 is 16.0 Å². The Kier molecular flexibility index (Phi) is 4.60. The summed E-state index contributed by atoms with van der Waals surface area (Å²) in [6.45, 7) is 4.88. The van der Waals surface area contributed by atoms with Crippen LogP contribution in [-0.4, -0.2) is 21.5 Å². The van der Waals surface area contributed by atoms with Crippen molar-refractivity contribution in [3.63, 3.8) is 0 Å². The third kappa shape index (κ3) is 3.41. The third-order valence-corrected chi connectivity index (χ3v) is 5.21. The highest BCUT2D eigenvalue weighted by molar-refractivity contribution is 7.22. The van der Waals surface area contributed by atoms with Crippen LogP contribution in [-0.2, 0) is 0 Å². The molecule has 0 unspecified atom stereocenters. The predicted molar refractivity (Wildman–Crippen MR) is 113 cm³/mol. The molecule has 0 saturated carbocycles. The lowest BCUT2D eigenvalue weighted by atomic mass is 10.2. The summed E-state index contributed by atoms with van der Waals surface area (Å²) in [5.74, 6) is 1.24. The number of hydrogen-bond acceptors (Lipinski definition) is 7. The number of fused-ring (bicyclic) bond motifs is 1. The van der Waals surface area contributed by atoms with E-state index in [1.54, 1.807) is 11.3 Å². The molecule has 0 atom stereocenters. The van der Waals surface area contributed by atoms with Crippen LogP contribution in [0.1, 0.15) is 12.5 Å². The van der Waals surface area contributed by atoms with Gasteiger partial charge in [-0.1, -0.05) is 35.6 Å². The standard InChI is InChI=1S/C20H20N6S/c1-3-26(14-7-5-4-6-8-14)19-17(21)18(22-12-23-19)25-20-24-15-10-9-13(2)11-16(15)27-20/h4-12H,3,21H2,1-2H3,(H,22,23,24,25). The van der Waals surface area contributed by atoms with Crippen molar-refractivity contribution in [1.82, 2.24) is 15.0 Å². The number of aryl methyl sites for hydroxylation is 1. The third-order valence-electron chi connectivity index (χ3n) is 4.27. The van der Waals surface area contributed by atoms with Gasteiger partial charge in [0.1, 0.15) is 12.0 Å². The normalized spacial score (nSPS) is 10.9. The summed E-state index contributed by atoms with van der Waals surface area (Å²) in [6.07, 6.45) is 1.52. The Morgan fingerprint density at radius 3 is 2.70 bits per heavy atom. The van der Waals surface area contributed by atoms with Gasteiger partial charge in [-0.05, 0) is 43.7 Å². The second-order valence-corrected chi connectivity index (χ2v) is 7.19. The van der Waals surface area contributed by atoms with E-state index in [2.05, 4.69) is 51.1 Å². The number of nitrogens with zero attached hydrogens (tertiary/aromatic N) is 4. The minimum absolute atomic E-state index is 0.499. The Bertz CT molecular complexity index is 1080. The van der Waals surface area contributed by atoms with Gasteiger partial charge in [0.2, 0.25) is 0 Å². The van der Waals surface area contributed by atoms with E-state index in [0.717, 1.165) is 27.6 Å². The molecule has 0 fully saturated rings. The minimum Gasteiger partial charge on any atom is -0.393 e. The molecule has 0 aliphatic heterocycles. The van der Waals surface area contributed by atoms with E-state index in [0.29, 0.717) is 17.3 Å². The maximum Gasteiger partial charge on any atom is 0.189 e. The molecule has 0 spiro atoms. The Morgan fingerprint density at radius 2 is 1.93 bits per heavy atom. The Hall–Kier alpha value is -3.19. The van der Waals surface area contributed by atoms with Crippen LogP contribution in [0, 0.1) is 6.92 Å². The van der Waals surface area contributed by atoms with Crippen molar-refractivity contribution < 1.29 is 0 Å². The summed E-state index contributed by atoms with van der Waals surface area (Å²) in [5, 5.41) is 4.02. The second-order valence-electron chi connectivity index (χ2n) is 6.15. The molecule has 27 heavy (non-hydrogen) atoms. The molecule has 4 aromatic rings. The van der Waals surface area contributed by atoms with Crippen LogP contribution in [0.2, 0.25) is 0 Å². The zero-order valence-electron chi connectivity index (χ0n) is 15.2. The maximum atomic E-state index is 6.41. The first-order valence-electron chi connectivity index (χ1n) is 8.73. The van der Waals surface area contributed by atoms with Crippen LogP contribution < -0.4 is 16.0 Å². The minimum atomic E-state index is 0.499. The van der Waals surface area contributed by atoms with E-state index in [9.17, 15) is 0 Å². The number of hydrogen-bond donors (Lipinski definition) is 2. The first kappa shape index (κ1) is 17.2. The van der Waals surface area contributed by atoms with Crippen molar-refractivity contribution in [3.8, 4) is 0 Å². The zero-order chi connectivity index (χ0) is 18.8. The molecule has 2 aromatic heterocycles. The summed E-state index contributed by atoms with van der Waals surface area (Å²) in [7, 11) is 0. The molecule has 136 valence electrons. The summed E-state index contributed by atoms with van der Waals surface area (Å²) >= 11 is 1.58. The lowest BCUT2D eigenvalue weighted by molar-refractivity contribution is 0.980. The highest BCUT2D eigenvalue weighted by Crippen LogP contribution is 2.34. The number of aromatic nitrogens is 3. The number of benzene rings is 2. The van der Waals surface area contributed by atoms with Gasteiger partial charge in [0.25, 0.3) is 0 Å². The quantitative estimate of drug-likeness (QED) is 0.517. The maximum absolute atomic E-state index is 6.41. The molecule has 0 aliphatic carbocycles. The van der Waals surface area contributed by atoms with Crippen molar-refractivity contribution >= 4 is 49.7 Å². The lowest BCUT2D eigenvalue weighted by Crippen LogP contribution is -2.19. The molecule has 0 amide bonds. The van der Waals surface area contributed by atoms with Crippen LogP contribution in [0.3, 0.4) is 0 Å². The Labute approximate surface area is 161 Å². The van der Waals surface area contributed by atoms with Gasteiger partial charge in [-0.3, -0.25) is 0 Å². The number of para-hydroxylation sites is 1. The number of thiazole rings is 1. The van der Waals surface area contributed by atoms with Crippen molar-refractivity contribution in [2.45, 2.75) is 13.8 Å². The second kappa shape index (κ2) is 7.20. The van der Waals surface area contributed by atoms with E-state index in [-0.39, 0.29) is 0 Å². The summed E-state index contributed by atoms with van der Waals surface area (Å²) in [5.41, 5.74) is 10.1. The highest BCUT2D eigenvalue weighted by atomic mass is 32.1. The molecular weight excluding hydrogens is 356 g/mol. The number of nitrogens with one attached hydrogen (secondary N) is 1. The lowest BCUT2D eigenvalue weighted by Gasteiger charge is -2.24. The van der Waals surface area contributed by atoms with E-state index < -0.39 is 0 Å². The molecule has 4 rings (SSSR count). The molecule has 6 nitrogen and oxygen atoms in total. The van der Waals surface area contributed by atoms with E-state index >= 15 is 0 Å². The molecular formula is C20H20N6S. The van der Waals surface area contributed by atoms with Crippen LogP contribution >= 0.6 is 11.3 Å². The van der Waals surface area contributed by atoms with E-state index in [4.69, 9.17) is 5.73 Å². The average molecular weight is 376 g/mol. The smallest absolute Gasteiger partial charge is 0.189 e. The van der Waals surface area contributed by atoms with Crippen LogP contribution in [0.5, 0.6) is 0 Å². The topological polar surface area (TPSA) is 80.0 Å². The molecule has 2 aromatic carbocycles. The largest absolute Gasteiger partial charge is 0.393 e. The molecule has 0 bridgehead atoms. The number of nitrogen functional groups attached to an aromatic ring is 1. The van der Waals surface area contributed by atoms with Gasteiger partial charge in [-0.25, -0.2) is 15.0 Å². The molecule has 0 saturated heterocycles. The summed E-state index contributed by atoms with van der Waals surface area (Å²) in [6, 6.07) is 16.3. The van der Waals surface area contributed by atoms with Gasteiger partial charge in [-0.15, -0.1) is 0 Å². The van der Waals surface area contributed by atoms with Crippen molar-refractivity contribution in [3.05, 3.63) is 60.4 Å². The summed E-state index contributed by atoms with van der Waals surface area (Å²) < 4.78 is 1.13. The SMILES string of the molecule is CCN(c1ccccc1)c1ncnc(Nc2nc3ccc(C)cc3s2)c1N. The molecule has 0 aliphatic rings. The zero-order valence-corrected chi connectivity index (χ0v) is 16.0. The molecule has 3 N–H and O–H groups in total. The number of nitrogens with two attached hydrogens (primary N) is 1. The average Bonchev–Trinajstić information content (AvgIpc) is 3.07. The fourth-order valence-electron chi connectivity index (χ4n) is 2.95. The van der Waals surface area contributed by atoms with E-state index in [1.807, 2.05) is 36.4 Å². The predicted octanol–water partition coefficient (Wildman–Crippen LogP) is 4.88.